The number of methoxy groups -OCH3 is 3. The normalized spacial score (nSPS) is 15.5. The molecule has 6 heteroatoms. The van der Waals surface area contributed by atoms with E-state index in [0.29, 0.717) is 0 Å². The minimum Gasteiger partial charge on any atom is -0.496 e. The SMILES string of the molecule is COc1cc2c(cc1OC)C(c1ccncc1)N(Cc1cccc(C)c1OC)CC2.Cl. The molecule has 1 unspecified atom stereocenters. The second-order valence-electron chi connectivity index (χ2n) is 7.58. The first-order valence-corrected chi connectivity index (χ1v) is 10.2. The summed E-state index contributed by atoms with van der Waals surface area (Å²) in [4.78, 5) is 6.72. The van der Waals surface area contributed by atoms with Gasteiger partial charge in [-0.15, -0.1) is 12.4 Å². The zero-order valence-corrected chi connectivity index (χ0v) is 19.2. The number of halogens is 1. The monoisotopic (exact) mass is 440 g/mol. The van der Waals surface area contributed by atoms with Gasteiger partial charge in [-0.2, -0.15) is 0 Å². The van der Waals surface area contributed by atoms with Crippen LogP contribution in [-0.2, 0) is 13.0 Å². The van der Waals surface area contributed by atoms with Crippen molar-refractivity contribution in [1.82, 2.24) is 9.88 Å². The standard InChI is InChI=1S/C25H28N2O3.ClH/c1-17-6-5-7-20(25(17)30-4)16-27-13-10-19-14-22(28-2)23(29-3)15-21(19)24(27)18-8-11-26-12-9-18;/h5-9,11-12,14-15,24H,10,13,16H2,1-4H3;1H. The minimum atomic E-state index is 0. The molecule has 0 bridgehead atoms. The first kappa shape index (κ1) is 22.9. The van der Waals surface area contributed by atoms with Gasteiger partial charge in [0.25, 0.3) is 0 Å². The molecule has 1 aliphatic rings. The summed E-state index contributed by atoms with van der Waals surface area (Å²) in [6.45, 7) is 3.82. The Morgan fingerprint density at radius 3 is 2.35 bits per heavy atom. The highest BCUT2D eigenvalue weighted by Crippen LogP contribution is 2.42. The minimum absolute atomic E-state index is 0. The van der Waals surface area contributed by atoms with Crippen LogP contribution in [0.15, 0.2) is 54.9 Å². The van der Waals surface area contributed by atoms with Crippen LogP contribution in [0.25, 0.3) is 0 Å². The fourth-order valence-corrected chi connectivity index (χ4v) is 4.45. The van der Waals surface area contributed by atoms with Gasteiger partial charge in [0, 0.05) is 31.0 Å². The lowest BCUT2D eigenvalue weighted by atomic mass is 9.87. The van der Waals surface area contributed by atoms with E-state index in [-0.39, 0.29) is 18.4 Å². The fraction of sp³-hybridized carbons (Fsp3) is 0.320. The molecular formula is C25H29ClN2O3. The van der Waals surface area contributed by atoms with Gasteiger partial charge in [-0.05, 0) is 59.9 Å². The molecule has 1 aromatic heterocycles. The summed E-state index contributed by atoms with van der Waals surface area (Å²) >= 11 is 0. The Hall–Kier alpha value is -2.76. The molecule has 0 radical (unpaired) electrons. The van der Waals surface area contributed by atoms with E-state index in [9.17, 15) is 0 Å². The van der Waals surface area contributed by atoms with Crippen molar-refractivity contribution in [2.75, 3.05) is 27.9 Å². The molecule has 4 rings (SSSR count). The number of hydrogen-bond donors (Lipinski definition) is 0. The molecule has 3 aromatic rings. The Morgan fingerprint density at radius 1 is 0.968 bits per heavy atom. The molecule has 0 fully saturated rings. The zero-order valence-electron chi connectivity index (χ0n) is 18.4. The third kappa shape index (κ3) is 4.48. The number of fused-ring (bicyclic) bond motifs is 1. The summed E-state index contributed by atoms with van der Waals surface area (Å²) in [7, 11) is 5.11. The largest absolute Gasteiger partial charge is 0.496 e. The van der Waals surface area contributed by atoms with Crippen LogP contribution >= 0.6 is 12.4 Å². The second kappa shape index (κ2) is 10.0. The first-order valence-electron chi connectivity index (χ1n) is 10.2. The van der Waals surface area contributed by atoms with E-state index in [1.807, 2.05) is 12.4 Å². The van der Waals surface area contributed by atoms with Gasteiger partial charge in [0.15, 0.2) is 11.5 Å². The molecule has 0 N–H and O–H groups in total. The van der Waals surface area contributed by atoms with Crippen LogP contribution in [0.5, 0.6) is 17.2 Å². The van der Waals surface area contributed by atoms with Gasteiger partial charge in [0.05, 0.1) is 27.4 Å². The molecule has 0 amide bonds. The van der Waals surface area contributed by atoms with Crippen LogP contribution in [0, 0.1) is 6.92 Å². The fourth-order valence-electron chi connectivity index (χ4n) is 4.45. The summed E-state index contributed by atoms with van der Waals surface area (Å²) in [6, 6.07) is 14.9. The van der Waals surface area contributed by atoms with Crippen molar-refractivity contribution in [2.45, 2.75) is 25.9 Å². The van der Waals surface area contributed by atoms with E-state index in [0.717, 1.165) is 42.3 Å². The number of hydrogen-bond acceptors (Lipinski definition) is 5. The smallest absolute Gasteiger partial charge is 0.161 e. The molecule has 1 atom stereocenters. The van der Waals surface area contributed by atoms with Gasteiger partial charge < -0.3 is 14.2 Å². The zero-order chi connectivity index (χ0) is 21.1. The van der Waals surface area contributed by atoms with Crippen LogP contribution in [0.2, 0.25) is 0 Å². The van der Waals surface area contributed by atoms with E-state index in [4.69, 9.17) is 14.2 Å². The Balaban J connectivity index is 0.00000272. The summed E-state index contributed by atoms with van der Waals surface area (Å²) in [5.41, 5.74) is 6.10. The maximum absolute atomic E-state index is 5.72. The maximum Gasteiger partial charge on any atom is 0.161 e. The van der Waals surface area contributed by atoms with Crippen molar-refractivity contribution in [1.29, 1.82) is 0 Å². The molecule has 0 aliphatic carbocycles. The summed E-state index contributed by atoms with van der Waals surface area (Å²) in [6.07, 6.45) is 4.66. The molecule has 1 aliphatic heterocycles. The predicted molar refractivity (Wildman–Crippen MR) is 125 cm³/mol. The van der Waals surface area contributed by atoms with Gasteiger partial charge in [-0.3, -0.25) is 9.88 Å². The lowest BCUT2D eigenvalue weighted by Crippen LogP contribution is -2.36. The third-order valence-electron chi connectivity index (χ3n) is 5.87. The molecular weight excluding hydrogens is 412 g/mol. The van der Waals surface area contributed by atoms with E-state index in [2.05, 4.69) is 59.3 Å². The van der Waals surface area contributed by atoms with E-state index >= 15 is 0 Å². The van der Waals surface area contributed by atoms with Crippen molar-refractivity contribution < 1.29 is 14.2 Å². The molecule has 0 spiro atoms. The molecule has 2 aromatic carbocycles. The van der Waals surface area contributed by atoms with E-state index in [1.54, 1.807) is 21.3 Å². The molecule has 31 heavy (non-hydrogen) atoms. The summed E-state index contributed by atoms with van der Waals surface area (Å²) in [5.74, 6) is 2.49. The molecule has 164 valence electrons. The topological polar surface area (TPSA) is 43.8 Å². The van der Waals surface area contributed by atoms with Crippen molar-refractivity contribution in [3.8, 4) is 17.2 Å². The van der Waals surface area contributed by atoms with Crippen molar-refractivity contribution in [3.63, 3.8) is 0 Å². The quantitative estimate of drug-likeness (QED) is 0.540. The Labute approximate surface area is 190 Å². The number of nitrogens with zero attached hydrogens (tertiary/aromatic N) is 2. The number of aryl methyl sites for hydroxylation is 1. The van der Waals surface area contributed by atoms with E-state index < -0.39 is 0 Å². The molecule has 0 saturated heterocycles. The Morgan fingerprint density at radius 2 is 1.68 bits per heavy atom. The lowest BCUT2D eigenvalue weighted by molar-refractivity contribution is 0.201. The predicted octanol–water partition coefficient (Wildman–Crippen LogP) is 4.99. The molecule has 5 nitrogen and oxygen atoms in total. The highest BCUT2D eigenvalue weighted by Gasteiger charge is 2.31. The van der Waals surface area contributed by atoms with Gasteiger partial charge >= 0.3 is 0 Å². The number of pyridine rings is 1. The number of ether oxygens (including phenoxy) is 3. The third-order valence-corrected chi connectivity index (χ3v) is 5.87. The number of benzene rings is 2. The van der Waals surface area contributed by atoms with Gasteiger partial charge in [0.2, 0.25) is 0 Å². The number of para-hydroxylation sites is 1. The number of aromatic nitrogens is 1. The van der Waals surface area contributed by atoms with Crippen molar-refractivity contribution in [3.05, 3.63) is 82.7 Å². The lowest BCUT2D eigenvalue weighted by Gasteiger charge is -2.38. The van der Waals surface area contributed by atoms with Gasteiger partial charge in [-0.25, -0.2) is 0 Å². The van der Waals surface area contributed by atoms with E-state index in [1.165, 1.54) is 22.3 Å². The van der Waals surface area contributed by atoms with Crippen LogP contribution in [-0.4, -0.2) is 37.8 Å². The maximum atomic E-state index is 5.72. The first-order chi connectivity index (χ1) is 14.7. The number of rotatable bonds is 6. The van der Waals surface area contributed by atoms with Crippen LogP contribution in [0.3, 0.4) is 0 Å². The highest BCUT2D eigenvalue weighted by atomic mass is 35.5. The average Bonchev–Trinajstić information content (AvgIpc) is 2.78. The Bertz CT molecular complexity index is 1030. The van der Waals surface area contributed by atoms with Gasteiger partial charge in [-0.1, -0.05) is 18.2 Å². The van der Waals surface area contributed by atoms with Crippen LogP contribution in [0.4, 0.5) is 0 Å². The van der Waals surface area contributed by atoms with Crippen molar-refractivity contribution in [2.24, 2.45) is 0 Å². The second-order valence-corrected chi connectivity index (χ2v) is 7.58. The van der Waals surface area contributed by atoms with Crippen molar-refractivity contribution >= 4 is 12.4 Å². The van der Waals surface area contributed by atoms with Crippen LogP contribution in [0.1, 0.15) is 33.9 Å². The molecule has 2 heterocycles. The van der Waals surface area contributed by atoms with Crippen LogP contribution < -0.4 is 14.2 Å². The Kier molecular flexibility index (Phi) is 7.42. The highest BCUT2D eigenvalue weighted by molar-refractivity contribution is 5.85. The summed E-state index contributed by atoms with van der Waals surface area (Å²) < 4.78 is 16.9. The average molecular weight is 441 g/mol. The summed E-state index contributed by atoms with van der Waals surface area (Å²) in [5, 5.41) is 0. The van der Waals surface area contributed by atoms with Gasteiger partial charge in [0.1, 0.15) is 5.75 Å². The molecule has 0 saturated carbocycles.